The van der Waals surface area contributed by atoms with Crippen molar-refractivity contribution in [1.82, 2.24) is 9.66 Å². The topological polar surface area (TPSA) is 76.7 Å². The lowest BCUT2D eigenvalue weighted by molar-refractivity contribution is 0.287. The number of phenolic OH excluding ortho intramolecular Hbond substituents is 1. The number of rotatable bonds is 5. The van der Waals surface area contributed by atoms with Crippen molar-refractivity contribution in [3.05, 3.63) is 112 Å². The number of para-hydroxylation sites is 2. The Hall–Kier alpha value is -4.45. The molecule has 1 N–H and O–H groups in total. The van der Waals surface area contributed by atoms with Gasteiger partial charge in [-0.25, -0.2) is 4.98 Å². The van der Waals surface area contributed by atoms with E-state index in [-0.39, 0.29) is 17.9 Å². The number of phenols is 1. The maximum absolute atomic E-state index is 13.3. The Morgan fingerprint density at radius 2 is 1.67 bits per heavy atom. The molecule has 0 aliphatic rings. The highest BCUT2D eigenvalue weighted by molar-refractivity contribution is 6.02. The number of aryl methyl sites for hydroxylation is 1. The Labute approximate surface area is 190 Å². The second kappa shape index (κ2) is 8.59. The molecule has 0 unspecified atom stereocenters. The van der Waals surface area contributed by atoms with Crippen molar-refractivity contribution in [2.24, 2.45) is 5.10 Å². The molecule has 0 atom stereocenters. The van der Waals surface area contributed by atoms with Crippen LogP contribution in [0.25, 0.3) is 21.7 Å². The number of fused-ring (bicyclic) bond motifs is 2. The van der Waals surface area contributed by atoms with Gasteiger partial charge in [0.25, 0.3) is 5.56 Å². The summed E-state index contributed by atoms with van der Waals surface area (Å²) in [6.07, 6.45) is 1.49. The van der Waals surface area contributed by atoms with E-state index in [1.807, 2.05) is 67.6 Å². The lowest BCUT2D eigenvalue weighted by Crippen LogP contribution is -2.23. The summed E-state index contributed by atoms with van der Waals surface area (Å²) in [5, 5.41) is 17.2. The number of hydrogen-bond acceptors (Lipinski definition) is 5. The van der Waals surface area contributed by atoms with Crippen LogP contribution < -0.4 is 10.3 Å². The van der Waals surface area contributed by atoms with Crippen LogP contribution in [0.2, 0.25) is 0 Å². The molecule has 162 valence electrons. The molecular weight excluding hydrogens is 414 g/mol. The molecule has 0 aliphatic heterocycles. The molecule has 0 saturated heterocycles. The first-order chi connectivity index (χ1) is 16.1. The predicted molar refractivity (Wildman–Crippen MR) is 130 cm³/mol. The zero-order chi connectivity index (χ0) is 22.8. The van der Waals surface area contributed by atoms with Crippen LogP contribution in [0.3, 0.4) is 0 Å². The Balaban J connectivity index is 1.62. The molecule has 6 heteroatoms. The number of ether oxygens (including phenoxy) is 1. The Bertz CT molecular complexity index is 1570. The predicted octanol–water partition coefficient (Wildman–Crippen LogP) is 5.02. The van der Waals surface area contributed by atoms with Gasteiger partial charge in [0.05, 0.1) is 17.1 Å². The number of nitrogens with zero attached hydrogens (tertiary/aromatic N) is 3. The summed E-state index contributed by atoms with van der Waals surface area (Å²) >= 11 is 0. The van der Waals surface area contributed by atoms with Crippen LogP contribution in [0.4, 0.5) is 0 Å². The smallest absolute Gasteiger partial charge is 0.282 e. The highest BCUT2D eigenvalue weighted by Gasteiger charge is 2.12. The summed E-state index contributed by atoms with van der Waals surface area (Å²) in [7, 11) is 0. The number of aromatic hydroxyl groups is 1. The quantitative estimate of drug-likeness (QED) is 0.393. The zero-order valence-electron chi connectivity index (χ0n) is 18.0. The van der Waals surface area contributed by atoms with Crippen LogP contribution in [0, 0.1) is 6.92 Å². The maximum Gasteiger partial charge on any atom is 0.282 e. The Morgan fingerprint density at radius 1 is 0.939 bits per heavy atom. The molecule has 0 fully saturated rings. The van der Waals surface area contributed by atoms with Gasteiger partial charge < -0.3 is 9.84 Å². The van der Waals surface area contributed by atoms with Crippen LogP contribution >= 0.6 is 0 Å². The average Bonchev–Trinajstić information content (AvgIpc) is 2.84. The average molecular weight is 435 g/mol. The largest absolute Gasteiger partial charge is 0.507 e. The highest BCUT2D eigenvalue weighted by atomic mass is 16.5. The summed E-state index contributed by atoms with van der Waals surface area (Å²) in [5.74, 6) is 1.15. The van der Waals surface area contributed by atoms with Crippen LogP contribution in [0.15, 0.2) is 94.8 Å². The molecule has 1 heterocycles. The van der Waals surface area contributed by atoms with Gasteiger partial charge in [-0.2, -0.15) is 9.78 Å². The minimum absolute atomic E-state index is 0.0593. The SMILES string of the molecule is Cc1ccccc1OCc1nc2ccccc2c(=O)n1/N=C/c1c(O)ccc2ccccc12. The molecule has 5 rings (SSSR count). The standard InChI is InChI=1S/C27H21N3O3/c1-18-8-2-7-13-25(18)33-17-26-29-23-12-6-5-11-21(23)27(32)30(26)28-16-22-20-10-4-3-9-19(20)14-15-24(22)31/h2-16,31H,17H2,1H3/b28-16+. The first-order valence-electron chi connectivity index (χ1n) is 10.6. The first-order valence-corrected chi connectivity index (χ1v) is 10.6. The number of hydrogen-bond donors (Lipinski definition) is 1. The van der Waals surface area contributed by atoms with Crippen molar-refractivity contribution in [2.45, 2.75) is 13.5 Å². The molecule has 1 aromatic heterocycles. The van der Waals surface area contributed by atoms with Gasteiger partial charge in [0.1, 0.15) is 18.1 Å². The summed E-state index contributed by atoms with van der Waals surface area (Å²) in [5.41, 5.74) is 1.78. The van der Waals surface area contributed by atoms with E-state index in [0.717, 1.165) is 16.3 Å². The third-order valence-corrected chi connectivity index (χ3v) is 5.52. The summed E-state index contributed by atoms with van der Waals surface area (Å²) < 4.78 is 7.21. The number of aromatic nitrogens is 2. The van der Waals surface area contributed by atoms with Crippen LogP contribution in [0.1, 0.15) is 17.0 Å². The van der Waals surface area contributed by atoms with Gasteiger partial charge in [-0.1, -0.05) is 60.7 Å². The van der Waals surface area contributed by atoms with E-state index < -0.39 is 0 Å². The fourth-order valence-electron chi connectivity index (χ4n) is 3.78. The molecule has 6 nitrogen and oxygen atoms in total. The van der Waals surface area contributed by atoms with Crippen molar-refractivity contribution in [3.8, 4) is 11.5 Å². The van der Waals surface area contributed by atoms with Crippen molar-refractivity contribution < 1.29 is 9.84 Å². The highest BCUT2D eigenvalue weighted by Crippen LogP contribution is 2.25. The second-order valence-electron chi connectivity index (χ2n) is 7.68. The van der Waals surface area contributed by atoms with Crippen molar-refractivity contribution in [2.75, 3.05) is 0 Å². The first kappa shape index (κ1) is 20.5. The van der Waals surface area contributed by atoms with E-state index in [0.29, 0.717) is 28.0 Å². The lowest BCUT2D eigenvalue weighted by Gasteiger charge is -2.12. The van der Waals surface area contributed by atoms with E-state index in [2.05, 4.69) is 10.1 Å². The summed E-state index contributed by atoms with van der Waals surface area (Å²) in [6, 6.07) is 25.9. The fourth-order valence-corrected chi connectivity index (χ4v) is 3.78. The van der Waals surface area contributed by atoms with E-state index >= 15 is 0 Å². The van der Waals surface area contributed by atoms with Crippen LogP contribution in [-0.2, 0) is 6.61 Å². The minimum atomic E-state index is -0.306. The molecule has 0 saturated carbocycles. The molecule has 0 spiro atoms. The van der Waals surface area contributed by atoms with Gasteiger partial charge in [-0.3, -0.25) is 4.79 Å². The Morgan fingerprint density at radius 3 is 2.52 bits per heavy atom. The lowest BCUT2D eigenvalue weighted by atomic mass is 10.0. The molecule has 0 radical (unpaired) electrons. The molecule has 0 aliphatic carbocycles. The van der Waals surface area contributed by atoms with Crippen LogP contribution in [0.5, 0.6) is 11.5 Å². The van der Waals surface area contributed by atoms with Gasteiger partial charge in [0.2, 0.25) is 0 Å². The monoisotopic (exact) mass is 435 g/mol. The molecule has 5 aromatic rings. The third kappa shape index (κ3) is 3.94. The van der Waals surface area contributed by atoms with Gasteiger partial charge in [-0.15, -0.1) is 0 Å². The molecule has 4 aromatic carbocycles. The normalized spacial score (nSPS) is 11.4. The van der Waals surface area contributed by atoms with E-state index in [1.165, 1.54) is 10.9 Å². The minimum Gasteiger partial charge on any atom is -0.507 e. The van der Waals surface area contributed by atoms with Gasteiger partial charge in [-0.05, 0) is 47.5 Å². The van der Waals surface area contributed by atoms with Crippen molar-refractivity contribution >= 4 is 27.9 Å². The summed E-state index contributed by atoms with van der Waals surface area (Å²) in [4.78, 5) is 17.9. The van der Waals surface area contributed by atoms with E-state index in [9.17, 15) is 9.90 Å². The van der Waals surface area contributed by atoms with Gasteiger partial charge in [0.15, 0.2) is 5.82 Å². The van der Waals surface area contributed by atoms with Gasteiger partial charge >= 0.3 is 0 Å². The molecule has 0 bridgehead atoms. The summed E-state index contributed by atoms with van der Waals surface area (Å²) in [6.45, 7) is 2.02. The third-order valence-electron chi connectivity index (χ3n) is 5.52. The zero-order valence-corrected chi connectivity index (χ0v) is 18.0. The molecule has 33 heavy (non-hydrogen) atoms. The fraction of sp³-hybridized carbons (Fsp3) is 0.0741. The Kier molecular flexibility index (Phi) is 5.32. The van der Waals surface area contributed by atoms with Crippen molar-refractivity contribution in [1.29, 1.82) is 0 Å². The van der Waals surface area contributed by atoms with Gasteiger partial charge in [0, 0.05) is 5.56 Å². The molecular formula is C27H21N3O3. The number of benzene rings is 4. The van der Waals surface area contributed by atoms with Crippen molar-refractivity contribution in [3.63, 3.8) is 0 Å². The molecule has 0 amide bonds. The van der Waals surface area contributed by atoms with E-state index in [1.54, 1.807) is 24.3 Å². The maximum atomic E-state index is 13.3. The van der Waals surface area contributed by atoms with E-state index in [4.69, 9.17) is 4.74 Å². The second-order valence-corrected chi connectivity index (χ2v) is 7.68. The van der Waals surface area contributed by atoms with Crippen LogP contribution in [-0.4, -0.2) is 21.0 Å².